The molecule has 28 heavy (non-hydrogen) atoms. The predicted octanol–water partition coefficient (Wildman–Crippen LogP) is 3.84. The molecule has 0 saturated heterocycles. The van der Waals surface area contributed by atoms with Gasteiger partial charge in [-0.2, -0.15) is 0 Å². The molecule has 5 nitrogen and oxygen atoms in total. The molecule has 0 radical (unpaired) electrons. The van der Waals surface area contributed by atoms with Crippen molar-refractivity contribution in [3.63, 3.8) is 0 Å². The van der Waals surface area contributed by atoms with E-state index >= 15 is 0 Å². The molecule has 2 rings (SSSR count). The summed E-state index contributed by atoms with van der Waals surface area (Å²) >= 11 is 0. The average Bonchev–Trinajstić information content (AvgIpc) is 2.64. The van der Waals surface area contributed by atoms with Crippen molar-refractivity contribution in [3.05, 3.63) is 65.5 Å². The van der Waals surface area contributed by atoms with Crippen LogP contribution in [0.3, 0.4) is 0 Å². The first-order valence-electron chi connectivity index (χ1n) is 8.92. The number of nitrogens with zero attached hydrogens (tertiary/aromatic N) is 1. The Bertz CT molecular complexity index is 890. The molecule has 1 atom stereocenters. The van der Waals surface area contributed by atoms with Gasteiger partial charge < -0.3 is 10.6 Å². The van der Waals surface area contributed by atoms with Crippen molar-refractivity contribution in [1.82, 2.24) is 10.6 Å². The first kappa shape index (κ1) is 24.4. The summed E-state index contributed by atoms with van der Waals surface area (Å²) in [5.41, 5.74) is 1.39. The standard InChI is InChI=1S/C20H26FN3O2S.HI/c1-4-22-20(24-16(3)17-11-10-15(2)19(21)14-17)23-12-13-27(25,26)18-8-6-5-7-9-18;/h5-11,14,16H,4,12-13H2,1-3H3,(H2,22,23,24);1H. The van der Waals surface area contributed by atoms with Gasteiger partial charge in [0.15, 0.2) is 15.8 Å². The summed E-state index contributed by atoms with van der Waals surface area (Å²) in [5, 5.41) is 6.27. The molecule has 8 heteroatoms. The third-order valence-corrected chi connectivity index (χ3v) is 5.84. The molecule has 2 aromatic rings. The fraction of sp³-hybridized carbons (Fsp3) is 0.350. The number of rotatable bonds is 7. The fourth-order valence-electron chi connectivity index (χ4n) is 2.51. The Morgan fingerprint density at radius 1 is 1.18 bits per heavy atom. The zero-order valence-corrected chi connectivity index (χ0v) is 19.4. The monoisotopic (exact) mass is 519 g/mol. The van der Waals surface area contributed by atoms with Gasteiger partial charge in [0.05, 0.1) is 23.2 Å². The quantitative estimate of drug-likeness (QED) is 0.332. The van der Waals surface area contributed by atoms with Crippen molar-refractivity contribution in [1.29, 1.82) is 0 Å². The van der Waals surface area contributed by atoms with Gasteiger partial charge in [-0.3, -0.25) is 4.99 Å². The van der Waals surface area contributed by atoms with E-state index in [1.807, 2.05) is 19.9 Å². The zero-order valence-electron chi connectivity index (χ0n) is 16.3. The Morgan fingerprint density at radius 2 is 1.86 bits per heavy atom. The molecule has 0 aliphatic carbocycles. The van der Waals surface area contributed by atoms with Crippen molar-refractivity contribution in [2.75, 3.05) is 18.8 Å². The summed E-state index contributed by atoms with van der Waals surface area (Å²) in [6.07, 6.45) is 0. The van der Waals surface area contributed by atoms with E-state index in [1.165, 1.54) is 6.07 Å². The minimum absolute atomic E-state index is 0. The first-order valence-corrected chi connectivity index (χ1v) is 10.6. The number of hydrogen-bond donors (Lipinski definition) is 2. The number of aryl methyl sites for hydroxylation is 1. The molecule has 1 unspecified atom stereocenters. The minimum Gasteiger partial charge on any atom is -0.357 e. The summed E-state index contributed by atoms with van der Waals surface area (Å²) in [5.74, 6) is 0.160. The normalized spacial score (nSPS) is 12.8. The van der Waals surface area contributed by atoms with Gasteiger partial charge in [0.2, 0.25) is 0 Å². The number of benzene rings is 2. The largest absolute Gasteiger partial charge is 0.357 e. The fourth-order valence-corrected chi connectivity index (χ4v) is 3.65. The third kappa shape index (κ3) is 7.05. The molecule has 0 amide bonds. The molecule has 0 heterocycles. The van der Waals surface area contributed by atoms with E-state index in [0.717, 1.165) is 5.56 Å². The van der Waals surface area contributed by atoms with Crippen LogP contribution < -0.4 is 10.6 Å². The van der Waals surface area contributed by atoms with Crippen LogP contribution in [-0.2, 0) is 9.84 Å². The average molecular weight is 519 g/mol. The van der Waals surface area contributed by atoms with Gasteiger partial charge in [-0.05, 0) is 50.1 Å². The first-order chi connectivity index (χ1) is 12.8. The number of halogens is 2. The molecule has 154 valence electrons. The second-order valence-electron chi connectivity index (χ2n) is 6.27. The molecule has 2 aromatic carbocycles. The van der Waals surface area contributed by atoms with Gasteiger partial charge in [0, 0.05) is 6.54 Å². The summed E-state index contributed by atoms with van der Waals surface area (Å²) < 4.78 is 38.4. The smallest absolute Gasteiger partial charge is 0.191 e. The van der Waals surface area contributed by atoms with E-state index in [0.29, 0.717) is 23.0 Å². The number of aliphatic imine (C=N–C) groups is 1. The Balaban J connectivity index is 0.00000392. The van der Waals surface area contributed by atoms with Crippen molar-refractivity contribution in [3.8, 4) is 0 Å². The lowest BCUT2D eigenvalue weighted by Gasteiger charge is -2.18. The Kier molecular flexibility index (Phi) is 9.88. The van der Waals surface area contributed by atoms with Crippen molar-refractivity contribution in [2.24, 2.45) is 4.99 Å². The van der Waals surface area contributed by atoms with Crippen LogP contribution in [0.1, 0.15) is 31.0 Å². The summed E-state index contributed by atoms with van der Waals surface area (Å²) in [7, 11) is -3.37. The Hall–Kier alpha value is -1.68. The van der Waals surface area contributed by atoms with E-state index in [-0.39, 0.29) is 48.1 Å². The molecule has 0 aliphatic rings. The lowest BCUT2D eigenvalue weighted by Crippen LogP contribution is -2.39. The molecule has 0 spiro atoms. The lowest BCUT2D eigenvalue weighted by atomic mass is 10.1. The minimum atomic E-state index is -3.37. The van der Waals surface area contributed by atoms with Gasteiger partial charge in [0.1, 0.15) is 5.82 Å². The molecule has 0 saturated carbocycles. The number of sulfone groups is 1. The molecule has 0 fully saturated rings. The predicted molar refractivity (Wildman–Crippen MR) is 123 cm³/mol. The van der Waals surface area contributed by atoms with E-state index in [4.69, 9.17) is 0 Å². The lowest BCUT2D eigenvalue weighted by molar-refractivity contribution is 0.595. The van der Waals surface area contributed by atoms with Crippen LogP contribution in [0.5, 0.6) is 0 Å². The van der Waals surface area contributed by atoms with Crippen LogP contribution in [0.15, 0.2) is 58.4 Å². The molecular formula is C20H27FIN3O2S. The number of guanidine groups is 1. The highest BCUT2D eigenvalue weighted by Crippen LogP contribution is 2.16. The Morgan fingerprint density at radius 3 is 2.46 bits per heavy atom. The van der Waals surface area contributed by atoms with Gasteiger partial charge >= 0.3 is 0 Å². The van der Waals surface area contributed by atoms with Gasteiger partial charge in [0.25, 0.3) is 0 Å². The molecule has 0 aliphatic heterocycles. The van der Waals surface area contributed by atoms with Crippen molar-refractivity contribution >= 4 is 39.8 Å². The van der Waals surface area contributed by atoms with Crippen LogP contribution in [0.2, 0.25) is 0 Å². The van der Waals surface area contributed by atoms with Crippen LogP contribution in [-0.4, -0.2) is 33.2 Å². The van der Waals surface area contributed by atoms with Crippen LogP contribution in [0.25, 0.3) is 0 Å². The highest BCUT2D eigenvalue weighted by atomic mass is 127. The van der Waals surface area contributed by atoms with E-state index in [2.05, 4.69) is 15.6 Å². The SMILES string of the molecule is CCNC(=NCCS(=O)(=O)c1ccccc1)NC(C)c1ccc(C)c(F)c1.I. The number of nitrogens with one attached hydrogen (secondary N) is 2. The molecular weight excluding hydrogens is 492 g/mol. The van der Waals surface area contributed by atoms with Crippen LogP contribution in [0, 0.1) is 12.7 Å². The maximum atomic E-state index is 13.8. The van der Waals surface area contributed by atoms with Gasteiger partial charge in [-0.1, -0.05) is 30.3 Å². The van der Waals surface area contributed by atoms with Crippen molar-refractivity contribution in [2.45, 2.75) is 31.7 Å². The summed E-state index contributed by atoms with van der Waals surface area (Å²) in [6, 6.07) is 13.2. The highest BCUT2D eigenvalue weighted by molar-refractivity contribution is 14.0. The van der Waals surface area contributed by atoms with Crippen LogP contribution >= 0.6 is 24.0 Å². The third-order valence-electron chi connectivity index (χ3n) is 4.13. The van der Waals surface area contributed by atoms with Gasteiger partial charge in [-0.25, -0.2) is 12.8 Å². The van der Waals surface area contributed by atoms with Crippen LogP contribution in [0.4, 0.5) is 4.39 Å². The van der Waals surface area contributed by atoms with Crippen molar-refractivity contribution < 1.29 is 12.8 Å². The highest BCUT2D eigenvalue weighted by Gasteiger charge is 2.14. The zero-order chi connectivity index (χ0) is 19.9. The Labute approximate surface area is 183 Å². The maximum Gasteiger partial charge on any atom is 0.191 e. The van der Waals surface area contributed by atoms with E-state index < -0.39 is 9.84 Å². The summed E-state index contributed by atoms with van der Waals surface area (Å²) in [6.45, 7) is 6.30. The molecule has 0 bridgehead atoms. The second-order valence-corrected chi connectivity index (χ2v) is 8.38. The maximum absolute atomic E-state index is 13.8. The van der Waals surface area contributed by atoms with Gasteiger partial charge in [-0.15, -0.1) is 24.0 Å². The topological polar surface area (TPSA) is 70.6 Å². The molecule has 0 aromatic heterocycles. The molecule has 2 N–H and O–H groups in total. The number of hydrogen-bond acceptors (Lipinski definition) is 3. The van der Waals surface area contributed by atoms with E-state index in [1.54, 1.807) is 43.3 Å². The summed E-state index contributed by atoms with van der Waals surface area (Å²) in [4.78, 5) is 4.64. The van der Waals surface area contributed by atoms with E-state index in [9.17, 15) is 12.8 Å². The second kappa shape index (κ2) is 11.4.